The first-order valence-corrected chi connectivity index (χ1v) is 7.45. The quantitative estimate of drug-likeness (QED) is 0.693. The molecule has 1 aromatic rings. The molecule has 106 valence electrons. The van der Waals surface area contributed by atoms with Gasteiger partial charge >= 0.3 is 0 Å². The van der Waals surface area contributed by atoms with Crippen molar-refractivity contribution in [3.8, 4) is 5.75 Å². The molecule has 1 nitrogen and oxygen atoms in total. The predicted octanol–water partition coefficient (Wildman–Crippen LogP) is 5.38. The van der Waals surface area contributed by atoms with Gasteiger partial charge in [-0.25, -0.2) is 0 Å². The molecule has 0 saturated carbocycles. The molecule has 1 aromatic carbocycles. The number of fused-ring (bicyclic) bond motifs is 1. The van der Waals surface area contributed by atoms with Crippen molar-refractivity contribution in [1.82, 2.24) is 0 Å². The topological polar surface area (TPSA) is 9.23 Å². The van der Waals surface area contributed by atoms with Crippen molar-refractivity contribution < 1.29 is 4.74 Å². The Morgan fingerprint density at radius 2 is 1.32 bits per heavy atom. The van der Waals surface area contributed by atoms with E-state index in [0.717, 1.165) is 5.75 Å². The van der Waals surface area contributed by atoms with Gasteiger partial charge in [0.15, 0.2) is 0 Å². The molecular formula is C18H28O. The van der Waals surface area contributed by atoms with Gasteiger partial charge in [0, 0.05) is 11.0 Å². The Morgan fingerprint density at radius 3 is 1.79 bits per heavy atom. The first-order chi connectivity index (χ1) is 8.58. The minimum absolute atomic E-state index is 0.0570. The molecule has 0 aromatic heterocycles. The van der Waals surface area contributed by atoms with Crippen LogP contribution in [0.15, 0.2) is 12.1 Å². The van der Waals surface area contributed by atoms with Crippen LogP contribution in [0.4, 0.5) is 0 Å². The molecule has 2 rings (SSSR count). The lowest BCUT2D eigenvalue weighted by Gasteiger charge is -2.33. The summed E-state index contributed by atoms with van der Waals surface area (Å²) in [5, 5.41) is 0. The maximum Gasteiger partial charge on any atom is 0.124 e. The predicted molar refractivity (Wildman–Crippen MR) is 82.4 cm³/mol. The van der Waals surface area contributed by atoms with Crippen LogP contribution in [0.25, 0.3) is 0 Å². The maximum absolute atomic E-state index is 6.24. The lowest BCUT2D eigenvalue weighted by molar-refractivity contribution is 0.0712. The zero-order valence-corrected chi connectivity index (χ0v) is 13.7. The van der Waals surface area contributed by atoms with Crippen molar-refractivity contribution in [3.63, 3.8) is 0 Å². The lowest BCUT2D eigenvalue weighted by atomic mass is 9.72. The van der Waals surface area contributed by atoms with Gasteiger partial charge in [0.2, 0.25) is 0 Å². The highest BCUT2D eigenvalue weighted by Crippen LogP contribution is 2.50. The SMILES string of the molecule is CC(C)c1cc2c(cc1C(C)C)C(C)(C)C(C)(C)O2. The molecule has 1 heteroatoms. The van der Waals surface area contributed by atoms with Crippen LogP contribution in [0.3, 0.4) is 0 Å². The van der Waals surface area contributed by atoms with Crippen LogP contribution in [-0.2, 0) is 5.41 Å². The van der Waals surface area contributed by atoms with E-state index < -0.39 is 0 Å². The van der Waals surface area contributed by atoms with E-state index >= 15 is 0 Å². The number of benzene rings is 1. The van der Waals surface area contributed by atoms with Gasteiger partial charge in [0.25, 0.3) is 0 Å². The van der Waals surface area contributed by atoms with Crippen molar-refractivity contribution in [1.29, 1.82) is 0 Å². The second-order valence-corrected chi connectivity index (χ2v) is 7.52. The monoisotopic (exact) mass is 260 g/mol. The molecule has 0 radical (unpaired) electrons. The van der Waals surface area contributed by atoms with Gasteiger partial charge in [-0.15, -0.1) is 0 Å². The second kappa shape index (κ2) is 4.26. The molecule has 0 unspecified atom stereocenters. The first kappa shape index (κ1) is 14.4. The van der Waals surface area contributed by atoms with E-state index in [4.69, 9.17) is 4.74 Å². The van der Waals surface area contributed by atoms with Crippen LogP contribution in [-0.4, -0.2) is 5.60 Å². The zero-order valence-electron chi connectivity index (χ0n) is 13.7. The van der Waals surface area contributed by atoms with Crippen LogP contribution in [0.2, 0.25) is 0 Å². The van der Waals surface area contributed by atoms with Gasteiger partial charge in [-0.2, -0.15) is 0 Å². The molecule has 0 fully saturated rings. The van der Waals surface area contributed by atoms with Crippen molar-refractivity contribution in [2.24, 2.45) is 0 Å². The minimum atomic E-state index is -0.140. The normalized spacial score (nSPS) is 19.7. The molecule has 0 saturated heterocycles. The molecule has 0 aliphatic carbocycles. The Morgan fingerprint density at radius 1 is 0.842 bits per heavy atom. The number of ether oxygens (including phenoxy) is 1. The van der Waals surface area contributed by atoms with E-state index in [-0.39, 0.29) is 11.0 Å². The Balaban J connectivity index is 2.66. The Labute approximate surface area is 118 Å². The van der Waals surface area contributed by atoms with Gasteiger partial charge < -0.3 is 4.74 Å². The highest BCUT2D eigenvalue weighted by atomic mass is 16.5. The van der Waals surface area contributed by atoms with Crippen molar-refractivity contribution >= 4 is 0 Å². The zero-order chi connectivity index (χ0) is 14.6. The van der Waals surface area contributed by atoms with Crippen LogP contribution in [0.5, 0.6) is 5.75 Å². The fourth-order valence-corrected chi connectivity index (χ4v) is 2.91. The van der Waals surface area contributed by atoms with Gasteiger partial charge in [0.05, 0.1) is 0 Å². The van der Waals surface area contributed by atoms with Crippen LogP contribution in [0.1, 0.15) is 83.9 Å². The molecule has 1 aliphatic heterocycles. The summed E-state index contributed by atoms with van der Waals surface area (Å²) in [4.78, 5) is 0. The Kier molecular flexibility index (Phi) is 3.24. The van der Waals surface area contributed by atoms with E-state index in [9.17, 15) is 0 Å². The van der Waals surface area contributed by atoms with Gasteiger partial charge in [-0.3, -0.25) is 0 Å². The summed E-state index contributed by atoms with van der Waals surface area (Å²) in [5.74, 6) is 2.18. The van der Waals surface area contributed by atoms with Crippen LogP contribution < -0.4 is 4.74 Å². The van der Waals surface area contributed by atoms with Gasteiger partial charge in [0.1, 0.15) is 11.4 Å². The van der Waals surface area contributed by atoms with E-state index in [1.54, 1.807) is 0 Å². The van der Waals surface area contributed by atoms with Crippen molar-refractivity contribution in [2.75, 3.05) is 0 Å². The maximum atomic E-state index is 6.24. The third-order valence-corrected chi connectivity index (χ3v) is 4.97. The summed E-state index contributed by atoms with van der Waals surface area (Å²) in [6, 6.07) is 4.68. The molecule has 0 bridgehead atoms. The van der Waals surface area contributed by atoms with E-state index in [2.05, 4.69) is 67.5 Å². The second-order valence-electron chi connectivity index (χ2n) is 7.52. The smallest absolute Gasteiger partial charge is 0.124 e. The van der Waals surface area contributed by atoms with Crippen molar-refractivity contribution in [2.45, 2.75) is 78.2 Å². The van der Waals surface area contributed by atoms with Crippen molar-refractivity contribution in [3.05, 3.63) is 28.8 Å². The molecule has 1 heterocycles. The fraction of sp³-hybridized carbons (Fsp3) is 0.667. The van der Waals surface area contributed by atoms with Crippen LogP contribution in [0, 0.1) is 0 Å². The molecule has 0 N–H and O–H groups in total. The average molecular weight is 260 g/mol. The van der Waals surface area contributed by atoms with Gasteiger partial charge in [-0.1, -0.05) is 47.6 Å². The summed E-state index contributed by atoms with van der Waals surface area (Å²) in [6.45, 7) is 18.0. The van der Waals surface area contributed by atoms with Gasteiger partial charge in [-0.05, 0) is 42.9 Å². The highest BCUT2D eigenvalue weighted by molar-refractivity contribution is 5.52. The van der Waals surface area contributed by atoms with E-state index in [1.807, 2.05) is 0 Å². The summed E-state index contributed by atoms with van der Waals surface area (Å²) < 4.78 is 6.24. The Hall–Kier alpha value is -0.980. The summed E-state index contributed by atoms with van der Waals surface area (Å²) in [5.41, 5.74) is 4.19. The third-order valence-electron chi connectivity index (χ3n) is 4.97. The molecule has 1 aliphatic rings. The molecule has 0 amide bonds. The minimum Gasteiger partial charge on any atom is -0.487 e. The highest BCUT2D eigenvalue weighted by Gasteiger charge is 2.48. The Bertz CT molecular complexity index is 493. The number of hydrogen-bond donors (Lipinski definition) is 0. The number of hydrogen-bond acceptors (Lipinski definition) is 1. The average Bonchev–Trinajstić information content (AvgIpc) is 2.43. The largest absolute Gasteiger partial charge is 0.487 e. The molecule has 19 heavy (non-hydrogen) atoms. The molecule has 0 spiro atoms. The molecule has 0 atom stereocenters. The summed E-state index contributed by atoms with van der Waals surface area (Å²) in [6.07, 6.45) is 0. The van der Waals surface area contributed by atoms with E-state index in [0.29, 0.717) is 11.8 Å². The van der Waals surface area contributed by atoms with E-state index in [1.165, 1.54) is 16.7 Å². The standard InChI is InChI=1S/C18H28O/c1-11(2)13-9-15-16(10-14(13)12(3)4)19-18(7,8)17(15,5)6/h9-12H,1-8H3. The first-order valence-electron chi connectivity index (χ1n) is 7.45. The third kappa shape index (κ3) is 2.07. The fourth-order valence-electron chi connectivity index (χ4n) is 2.91. The summed E-state index contributed by atoms with van der Waals surface area (Å²) in [7, 11) is 0. The van der Waals surface area contributed by atoms with Crippen LogP contribution >= 0.6 is 0 Å². The lowest BCUT2D eigenvalue weighted by Crippen LogP contribution is -2.42. The summed E-state index contributed by atoms with van der Waals surface area (Å²) >= 11 is 0. The molecular weight excluding hydrogens is 232 g/mol. The number of rotatable bonds is 2.